The summed E-state index contributed by atoms with van der Waals surface area (Å²) < 4.78 is 38.1. The van der Waals surface area contributed by atoms with Gasteiger partial charge in [-0.25, -0.2) is 5.84 Å². The third kappa shape index (κ3) is 3.41. The Bertz CT molecular complexity index is 473. The van der Waals surface area contributed by atoms with Crippen LogP contribution in [-0.4, -0.2) is 46.7 Å². The number of likely N-dealkylation sites (tertiary alicyclic amines) is 1. The topological polar surface area (TPSA) is 95.7 Å². The van der Waals surface area contributed by atoms with Crippen LogP contribution in [0.3, 0.4) is 0 Å². The Labute approximate surface area is 137 Å². The molecule has 0 aromatic carbocycles. The van der Waals surface area contributed by atoms with Gasteiger partial charge in [0.15, 0.2) is 0 Å². The SMILES string of the molecule is CC(O)(C(=O)N1CCC(C2(C(=O)NN)CC2)CC1)C(F)(F)F.Cl. The molecule has 2 aliphatic rings. The Hall–Kier alpha value is -1.06. The van der Waals surface area contributed by atoms with Crippen LogP contribution in [0.4, 0.5) is 13.2 Å². The number of nitrogens with zero attached hydrogens (tertiary/aromatic N) is 1. The summed E-state index contributed by atoms with van der Waals surface area (Å²) in [5.41, 5.74) is -1.78. The summed E-state index contributed by atoms with van der Waals surface area (Å²) in [5, 5.41) is 9.44. The first-order valence-electron chi connectivity index (χ1n) is 7.16. The van der Waals surface area contributed by atoms with E-state index in [1.54, 1.807) is 0 Å². The maximum Gasteiger partial charge on any atom is 0.426 e. The van der Waals surface area contributed by atoms with Gasteiger partial charge in [-0.1, -0.05) is 0 Å². The largest absolute Gasteiger partial charge is 0.426 e. The third-order valence-corrected chi connectivity index (χ3v) is 4.90. The lowest BCUT2D eigenvalue weighted by molar-refractivity contribution is -0.250. The molecule has 1 atom stereocenters. The minimum atomic E-state index is -5.02. The van der Waals surface area contributed by atoms with Gasteiger partial charge in [-0.15, -0.1) is 12.4 Å². The van der Waals surface area contributed by atoms with Crippen LogP contribution >= 0.6 is 12.4 Å². The number of rotatable bonds is 3. The van der Waals surface area contributed by atoms with Gasteiger partial charge in [-0.2, -0.15) is 13.2 Å². The average Bonchev–Trinajstić information content (AvgIpc) is 3.26. The van der Waals surface area contributed by atoms with Gasteiger partial charge in [0.25, 0.3) is 5.91 Å². The number of piperidine rings is 1. The van der Waals surface area contributed by atoms with Crippen molar-refractivity contribution in [2.75, 3.05) is 13.1 Å². The number of hydrogen-bond donors (Lipinski definition) is 3. The zero-order chi connectivity index (χ0) is 16.8. The second-order valence-corrected chi connectivity index (χ2v) is 6.27. The van der Waals surface area contributed by atoms with E-state index in [4.69, 9.17) is 5.84 Å². The van der Waals surface area contributed by atoms with E-state index in [1.165, 1.54) is 0 Å². The molecule has 23 heavy (non-hydrogen) atoms. The zero-order valence-corrected chi connectivity index (χ0v) is 13.5. The fourth-order valence-electron chi connectivity index (χ4n) is 3.16. The number of amides is 2. The minimum absolute atomic E-state index is 0. The summed E-state index contributed by atoms with van der Waals surface area (Å²) >= 11 is 0. The quantitative estimate of drug-likeness (QED) is 0.393. The Balaban J connectivity index is 0.00000264. The lowest BCUT2D eigenvalue weighted by atomic mass is 9.80. The molecule has 4 N–H and O–H groups in total. The molecule has 1 aliphatic heterocycles. The van der Waals surface area contributed by atoms with Crippen LogP contribution in [0.5, 0.6) is 0 Å². The number of hydrazine groups is 1. The predicted octanol–water partition coefficient (Wildman–Crippen LogP) is 0.730. The molecule has 0 radical (unpaired) electrons. The molecular weight excluding hydrogens is 339 g/mol. The van der Waals surface area contributed by atoms with Crippen molar-refractivity contribution >= 4 is 24.2 Å². The van der Waals surface area contributed by atoms with Crippen LogP contribution < -0.4 is 11.3 Å². The number of nitrogens with one attached hydrogen (secondary N) is 1. The highest BCUT2D eigenvalue weighted by Crippen LogP contribution is 2.55. The van der Waals surface area contributed by atoms with Crippen molar-refractivity contribution in [2.24, 2.45) is 17.2 Å². The maximum absolute atomic E-state index is 12.7. The molecule has 6 nitrogen and oxygen atoms in total. The first-order valence-corrected chi connectivity index (χ1v) is 7.16. The van der Waals surface area contributed by atoms with E-state index in [0.29, 0.717) is 32.6 Å². The number of halogens is 4. The summed E-state index contributed by atoms with van der Waals surface area (Å²) in [6, 6.07) is 0. The molecular formula is C13H21ClF3N3O3. The molecule has 0 spiro atoms. The van der Waals surface area contributed by atoms with Crippen LogP contribution in [-0.2, 0) is 9.59 Å². The smallest absolute Gasteiger partial charge is 0.373 e. The predicted molar refractivity (Wildman–Crippen MR) is 77.2 cm³/mol. The second-order valence-electron chi connectivity index (χ2n) is 6.27. The molecule has 1 unspecified atom stereocenters. The molecule has 0 aromatic rings. The first-order chi connectivity index (χ1) is 10.1. The zero-order valence-electron chi connectivity index (χ0n) is 12.7. The molecule has 0 bridgehead atoms. The summed E-state index contributed by atoms with van der Waals surface area (Å²) in [6.07, 6.45) is -2.76. The van der Waals surface area contributed by atoms with Crippen LogP contribution in [0.2, 0.25) is 0 Å². The third-order valence-electron chi connectivity index (χ3n) is 4.90. The number of carbonyl (C=O) groups is 2. The second kappa shape index (κ2) is 6.45. The van der Waals surface area contributed by atoms with Gasteiger partial charge in [0, 0.05) is 13.1 Å². The van der Waals surface area contributed by atoms with Crippen LogP contribution in [0, 0.1) is 11.3 Å². The number of aliphatic hydroxyl groups is 1. The molecule has 134 valence electrons. The van der Waals surface area contributed by atoms with Crippen molar-refractivity contribution in [2.45, 2.75) is 44.4 Å². The Morgan fingerprint density at radius 1 is 1.26 bits per heavy atom. The highest BCUT2D eigenvalue weighted by atomic mass is 35.5. The lowest BCUT2D eigenvalue weighted by Crippen LogP contribution is -2.58. The molecule has 2 rings (SSSR count). The van der Waals surface area contributed by atoms with E-state index in [2.05, 4.69) is 5.43 Å². The summed E-state index contributed by atoms with van der Waals surface area (Å²) in [5.74, 6) is 3.57. The highest BCUT2D eigenvalue weighted by Gasteiger charge is 2.59. The van der Waals surface area contributed by atoms with E-state index in [-0.39, 0.29) is 37.3 Å². The van der Waals surface area contributed by atoms with Crippen molar-refractivity contribution in [3.63, 3.8) is 0 Å². The average molecular weight is 360 g/mol. The van der Waals surface area contributed by atoms with Gasteiger partial charge in [0.2, 0.25) is 11.5 Å². The van der Waals surface area contributed by atoms with E-state index >= 15 is 0 Å². The number of nitrogens with two attached hydrogens (primary N) is 1. The molecule has 2 amide bonds. The summed E-state index contributed by atoms with van der Waals surface area (Å²) in [6.45, 7) is 0.649. The van der Waals surface area contributed by atoms with Crippen molar-refractivity contribution in [1.82, 2.24) is 10.3 Å². The number of carbonyl (C=O) groups excluding carboxylic acids is 2. The molecule has 1 heterocycles. The van der Waals surface area contributed by atoms with Gasteiger partial charge in [-0.05, 0) is 38.5 Å². The van der Waals surface area contributed by atoms with E-state index < -0.39 is 23.1 Å². The summed E-state index contributed by atoms with van der Waals surface area (Å²) in [7, 11) is 0. The van der Waals surface area contributed by atoms with Crippen molar-refractivity contribution in [1.29, 1.82) is 0 Å². The van der Waals surface area contributed by atoms with Gasteiger partial charge in [0.05, 0.1) is 5.41 Å². The minimum Gasteiger partial charge on any atom is -0.373 e. The fourth-order valence-corrected chi connectivity index (χ4v) is 3.16. The van der Waals surface area contributed by atoms with Crippen molar-refractivity contribution in [3.8, 4) is 0 Å². The summed E-state index contributed by atoms with van der Waals surface area (Å²) in [4.78, 5) is 24.7. The van der Waals surface area contributed by atoms with E-state index in [9.17, 15) is 27.9 Å². The van der Waals surface area contributed by atoms with Gasteiger partial charge in [-0.3, -0.25) is 15.0 Å². The Morgan fingerprint density at radius 3 is 2.09 bits per heavy atom. The molecule has 1 aliphatic carbocycles. The van der Waals surface area contributed by atoms with Crippen LogP contribution in [0.15, 0.2) is 0 Å². The van der Waals surface area contributed by atoms with E-state index in [1.807, 2.05) is 0 Å². The van der Waals surface area contributed by atoms with Crippen LogP contribution in [0.25, 0.3) is 0 Å². The molecule has 1 saturated heterocycles. The normalized spacial score (nSPS) is 23.5. The highest BCUT2D eigenvalue weighted by molar-refractivity contribution is 5.86. The number of alkyl halides is 3. The van der Waals surface area contributed by atoms with Crippen LogP contribution in [0.1, 0.15) is 32.6 Å². The Kier molecular flexibility index (Phi) is 5.60. The van der Waals surface area contributed by atoms with Gasteiger partial charge < -0.3 is 10.0 Å². The lowest BCUT2D eigenvalue weighted by Gasteiger charge is -2.38. The first kappa shape index (κ1) is 20.0. The van der Waals surface area contributed by atoms with Crippen molar-refractivity contribution < 1.29 is 27.9 Å². The Morgan fingerprint density at radius 2 is 1.74 bits per heavy atom. The maximum atomic E-state index is 12.7. The van der Waals surface area contributed by atoms with Gasteiger partial charge >= 0.3 is 6.18 Å². The van der Waals surface area contributed by atoms with Crippen molar-refractivity contribution in [3.05, 3.63) is 0 Å². The standard InChI is InChI=1S/C13H20F3N3O3.ClH/c1-11(22,13(14,15)16)10(21)19-6-2-8(3-7-19)12(4-5-12)9(20)18-17;/h8,22H,2-7,17H2,1H3,(H,18,20);1H. The molecule has 10 heteroatoms. The molecule has 2 fully saturated rings. The molecule has 1 saturated carbocycles. The fraction of sp³-hybridized carbons (Fsp3) is 0.846. The van der Waals surface area contributed by atoms with E-state index in [0.717, 1.165) is 4.90 Å². The monoisotopic (exact) mass is 359 g/mol. The van der Waals surface area contributed by atoms with Gasteiger partial charge in [0.1, 0.15) is 0 Å². The molecule has 0 aromatic heterocycles. The number of hydrogen-bond acceptors (Lipinski definition) is 4.